The summed E-state index contributed by atoms with van der Waals surface area (Å²) in [6.07, 6.45) is 1.70. The van der Waals surface area contributed by atoms with Crippen molar-refractivity contribution in [3.05, 3.63) is 89.5 Å². The minimum atomic E-state index is -0.479. The summed E-state index contributed by atoms with van der Waals surface area (Å²) in [6.45, 7) is 3.58. The second-order valence-electron chi connectivity index (χ2n) is 8.05. The van der Waals surface area contributed by atoms with Crippen LogP contribution in [-0.2, 0) is 17.9 Å². The van der Waals surface area contributed by atoms with Crippen LogP contribution in [0.2, 0.25) is 0 Å². The van der Waals surface area contributed by atoms with Crippen molar-refractivity contribution in [1.82, 2.24) is 4.90 Å². The molecule has 8 heteroatoms. The van der Waals surface area contributed by atoms with Gasteiger partial charge in [-0.25, -0.2) is 4.99 Å². The Labute approximate surface area is 215 Å². The Bertz CT molecular complexity index is 1300. The Balaban J connectivity index is 1.61. The number of carbonyl (C=O) groups is 1. The third-order valence-corrected chi connectivity index (χ3v) is 6.64. The molecule has 7 nitrogen and oxygen atoms in total. The van der Waals surface area contributed by atoms with Gasteiger partial charge in [0.2, 0.25) is 5.91 Å². The van der Waals surface area contributed by atoms with Crippen LogP contribution in [0.3, 0.4) is 0 Å². The summed E-state index contributed by atoms with van der Waals surface area (Å²) in [5, 5.41) is 12.8. The topological polar surface area (TPSA) is 90.1 Å². The van der Waals surface area contributed by atoms with Gasteiger partial charge < -0.3 is 10.1 Å². The number of nitrogens with one attached hydrogen (secondary N) is 1. The zero-order chi connectivity index (χ0) is 25.3. The van der Waals surface area contributed by atoms with E-state index in [4.69, 9.17) is 9.73 Å². The second kappa shape index (κ2) is 12.0. The molecule has 36 heavy (non-hydrogen) atoms. The van der Waals surface area contributed by atoms with E-state index < -0.39 is 5.25 Å². The Morgan fingerprint density at radius 1 is 1.11 bits per heavy atom. The zero-order valence-corrected chi connectivity index (χ0v) is 21.0. The first-order chi connectivity index (χ1) is 17.6. The van der Waals surface area contributed by atoms with Gasteiger partial charge in [-0.15, -0.1) is 0 Å². The molecule has 1 fully saturated rings. The number of ether oxygens (including phenoxy) is 1. The highest BCUT2D eigenvalue weighted by molar-refractivity contribution is 8.16. The molecule has 1 saturated heterocycles. The van der Waals surface area contributed by atoms with Crippen LogP contribution in [0.15, 0.2) is 82.8 Å². The van der Waals surface area contributed by atoms with E-state index in [9.17, 15) is 10.1 Å². The fraction of sp³-hybridized carbons (Fsp3) is 0.214. The molecule has 1 amide bonds. The van der Waals surface area contributed by atoms with Gasteiger partial charge in [0.25, 0.3) is 0 Å². The summed E-state index contributed by atoms with van der Waals surface area (Å²) in [4.78, 5) is 24.5. The molecule has 0 aromatic heterocycles. The summed E-state index contributed by atoms with van der Waals surface area (Å²) in [7, 11) is 1.63. The molecule has 0 radical (unpaired) electrons. The number of nitrogens with zero attached hydrogens (tertiary/aromatic N) is 4. The van der Waals surface area contributed by atoms with Gasteiger partial charge >= 0.3 is 0 Å². The number of hydrogen-bond acceptors (Lipinski definition) is 7. The van der Waals surface area contributed by atoms with E-state index in [-0.39, 0.29) is 5.91 Å². The van der Waals surface area contributed by atoms with E-state index >= 15 is 0 Å². The molecule has 1 unspecified atom stereocenters. The predicted molar refractivity (Wildman–Crippen MR) is 146 cm³/mol. The van der Waals surface area contributed by atoms with E-state index in [2.05, 4.69) is 16.4 Å². The number of carbonyl (C=O) groups excluding carboxylic acids is 1. The van der Waals surface area contributed by atoms with E-state index in [0.29, 0.717) is 36.1 Å². The molecule has 3 aromatic carbocycles. The lowest BCUT2D eigenvalue weighted by atomic mass is 10.2. The van der Waals surface area contributed by atoms with E-state index in [1.807, 2.05) is 67.6 Å². The molecule has 0 bridgehead atoms. The van der Waals surface area contributed by atoms with Crippen LogP contribution in [0.4, 0.5) is 11.4 Å². The Kier molecular flexibility index (Phi) is 8.37. The number of amidine groups is 1. The summed E-state index contributed by atoms with van der Waals surface area (Å²) in [5.74, 6) is 0.724. The molecule has 1 aliphatic rings. The van der Waals surface area contributed by atoms with Gasteiger partial charge in [0.15, 0.2) is 5.17 Å². The first-order valence-corrected chi connectivity index (χ1v) is 12.5. The van der Waals surface area contributed by atoms with Crippen LogP contribution in [0.5, 0.6) is 5.75 Å². The molecule has 1 aliphatic heterocycles. The standard InChI is InChI=1S/C28H27N5O2S/c1-3-31-24-14-11-22(16-29)15-25(24)32-28-33(19-21-7-5-4-6-8-21)27(34)26(36-28)18-30-17-20-9-12-23(35-2)13-10-20/h4-15,18,26,31H,3,17,19H2,1-2H3. The molecule has 0 spiro atoms. The minimum Gasteiger partial charge on any atom is -0.497 e. The maximum Gasteiger partial charge on any atom is 0.247 e. The Morgan fingerprint density at radius 3 is 2.58 bits per heavy atom. The number of benzene rings is 3. The van der Waals surface area contributed by atoms with Crippen LogP contribution in [0.25, 0.3) is 0 Å². The number of amides is 1. The maximum absolute atomic E-state index is 13.4. The summed E-state index contributed by atoms with van der Waals surface area (Å²) in [5.41, 5.74) is 3.99. The highest BCUT2D eigenvalue weighted by Gasteiger charge is 2.37. The predicted octanol–water partition coefficient (Wildman–Crippen LogP) is 5.40. The van der Waals surface area contributed by atoms with Gasteiger partial charge in [-0.3, -0.25) is 14.7 Å². The number of rotatable bonds is 9. The number of aliphatic imine (C=N–C) groups is 2. The largest absolute Gasteiger partial charge is 0.497 e. The quantitative estimate of drug-likeness (QED) is 0.400. The number of methoxy groups -OCH3 is 1. The van der Waals surface area contributed by atoms with Gasteiger partial charge in [0.1, 0.15) is 11.0 Å². The van der Waals surface area contributed by atoms with Crippen molar-refractivity contribution in [2.75, 3.05) is 19.0 Å². The number of hydrogen-bond donors (Lipinski definition) is 1. The lowest BCUT2D eigenvalue weighted by molar-refractivity contribution is -0.125. The molecule has 182 valence electrons. The van der Waals surface area contributed by atoms with Crippen molar-refractivity contribution in [1.29, 1.82) is 5.26 Å². The Hall–Kier alpha value is -4.09. The van der Waals surface area contributed by atoms with Gasteiger partial charge in [0.05, 0.1) is 43.2 Å². The highest BCUT2D eigenvalue weighted by Crippen LogP contribution is 2.33. The van der Waals surface area contributed by atoms with Crippen LogP contribution < -0.4 is 10.1 Å². The normalized spacial score (nSPS) is 16.5. The lowest BCUT2D eigenvalue weighted by Gasteiger charge is -2.17. The molecule has 0 saturated carbocycles. The van der Waals surface area contributed by atoms with E-state index in [1.54, 1.807) is 30.4 Å². The molecule has 3 aromatic rings. The second-order valence-corrected chi connectivity index (χ2v) is 9.16. The van der Waals surface area contributed by atoms with Gasteiger partial charge in [0, 0.05) is 12.8 Å². The van der Waals surface area contributed by atoms with E-state index in [1.165, 1.54) is 11.8 Å². The molecule has 0 aliphatic carbocycles. The molecule has 1 N–H and O–H groups in total. The Morgan fingerprint density at radius 2 is 1.89 bits per heavy atom. The first kappa shape index (κ1) is 25.0. The van der Waals surface area contributed by atoms with Crippen molar-refractivity contribution in [2.24, 2.45) is 9.98 Å². The fourth-order valence-electron chi connectivity index (χ4n) is 3.69. The van der Waals surface area contributed by atoms with Crippen LogP contribution in [-0.4, -0.2) is 41.1 Å². The molecular weight excluding hydrogens is 470 g/mol. The molecule has 4 rings (SSSR count). The average Bonchev–Trinajstić information content (AvgIpc) is 3.19. The van der Waals surface area contributed by atoms with Crippen LogP contribution in [0, 0.1) is 11.3 Å². The van der Waals surface area contributed by atoms with Gasteiger partial charge in [-0.1, -0.05) is 54.2 Å². The third kappa shape index (κ3) is 6.12. The molecule has 1 atom stereocenters. The van der Waals surface area contributed by atoms with Crippen molar-refractivity contribution in [2.45, 2.75) is 25.3 Å². The highest BCUT2D eigenvalue weighted by atomic mass is 32.2. The summed E-state index contributed by atoms with van der Waals surface area (Å²) in [6, 6.07) is 25.0. The average molecular weight is 498 g/mol. The SMILES string of the molecule is CCNc1ccc(C#N)cc1N=C1SC(C=NCc2ccc(OC)cc2)C(=O)N1Cc1ccccc1. The number of anilines is 1. The molecule has 1 heterocycles. The first-order valence-electron chi connectivity index (χ1n) is 11.6. The van der Waals surface area contributed by atoms with Crippen LogP contribution >= 0.6 is 11.8 Å². The molecular formula is C28H27N5O2S. The van der Waals surface area contributed by atoms with Gasteiger partial charge in [-0.2, -0.15) is 5.26 Å². The lowest BCUT2D eigenvalue weighted by Crippen LogP contribution is -2.32. The monoisotopic (exact) mass is 497 g/mol. The summed E-state index contributed by atoms with van der Waals surface area (Å²) >= 11 is 1.37. The van der Waals surface area contributed by atoms with Crippen molar-refractivity contribution >= 4 is 40.4 Å². The van der Waals surface area contributed by atoms with E-state index in [0.717, 1.165) is 22.6 Å². The van der Waals surface area contributed by atoms with Crippen molar-refractivity contribution in [3.63, 3.8) is 0 Å². The van der Waals surface area contributed by atoms with Crippen LogP contribution in [0.1, 0.15) is 23.6 Å². The van der Waals surface area contributed by atoms with Crippen molar-refractivity contribution in [3.8, 4) is 11.8 Å². The zero-order valence-electron chi connectivity index (χ0n) is 20.2. The minimum absolute atomic E-state index is 0.0671. The number of nitriles is 1. The number of thioether (sulfide) groups is 1. The van der Waals surface area contributed by atoms with Gasteiger partial charge in [-0.05, 0) is 48.4 Å². The third-order valence-electron chi connectivity index (χ3n) is 5.54. The maximum atomic E-state index is 13.4. The smallest absolute Gasteiger partial charge is 0.247 e. The van der Waals surface area contributed by atoms with Crippen molar-refractivity contribution < 1.29 is 9.53 Å². The fourth-order valence-corrected chi connectivity index (χ4v) is 4.72. The summed E-state index contributed by atoms with van der Waals surface area (Å²) < 4.78 is 5.20.